The zero-order valence-corrected chi connectivity index (χ0v) is 12.2. The third-order valence-electron chi connectivity index (χ3n) is 2.28. The number of amides is 1. The molecular formula is C12H8BrClFNOS. The zero-order chi connectivity index (χ0) is 13.1. The highest BCUT2D eigenvalue weighted by molar-refractivity contribution is 9.10. The lowest BCUT2D eigenvalue weighted by atomic mass is 10.2. The van der Waals surface area contributed by atoms with Crippen LogP contribution in [0.5, 0.6) is 0 Å². The summed E-state index contributed by atoms with van der Waals surface area (Å²) in [4.78, 5) is 12.8. The molecule has 0 saturated heterocycles. The number of nitrogens with one attached hydrogen (secondary N) is 1. The van der Waals surface area contributed by atoms with E-state index in [1.807, 2.05) is 11.4 Å². The summed E-state index contributed by atoms with van der Waals surface area (Å²) in [5, 5.41) is 4.84. The Morgan fingerprint density at radius 3 is 2.83 bits per heavy atom. The Balaban J connectivity index is 2.06. The van der Waals surface area contributed by atoms with Crippen molar-refractivity contribution >= 4 is 44.8 Å². The van der Waals surface area contributed by atoms with Crippen LogP contribution >= 0.6 is 38.9 Å². The average Bonchev–Trinajstić information content (AvgIpc) is 2.72. The maximum Gasteiger partial charge on any atom is 0.254 e. The monoisotopic (exact) mass is 347 g/mol. The highest BCUT2D eigenvalue weighted by Gasteiger charge is 2.12. The van der Waals surface area contributed by atoms with Crippen molar-refractivity contribution < 1.29 is 9.18 Å². The molecule has 0 aliphatic carbocycles. The van der Waals surface area contributed by atoms with E-state index < -0.39 is 11.7 Å². The molecule has 18 heavy (non-hydrogen) atoms. The van der Waals surface area contributed by atoms with Crippen molar-refractivity contribution in [2.24, 2.45) is 0 Å². The lowest BCUT2D eigenvalue weighted by Gasteiger charge is -2.05. The summed E-state index contributed by atoms with van der Waals surface area (Å²) in [6, 6.07) is 5.88. The summed E-state index contributed by atoms with van der Waals surface area (Å²) in [5.74, 6) is -1.07. The Morgan fingerprint density at radius 1 is 1.44 bits per heavy atom. The fourth-order valence-electron chi connectivity index (χ4n) is 1.38. The second-order valence-corrected chi connectivity index (χ2v) is 5.79. The molecule has 1 aromatic heterocycles. The fourth-order valence-corrected chi connectivity index (χ4v) is 2.97. The molecule has 0 atom stereocenters. The first-order valence-electron chi connectivity index (χ1n) is 5.03. The van der Waals surface area contributed by atoms with Crippen molar-refractivity contribution in [2.45, 2.75) is 6.54 Å². The summed E-state index contributed by atoms with van der Waals surface area (Å²) >= 11 is 10.5. The van der Waals surface area contributed by atoms with E-state index in [9.17, 15) is 9.18 Å². The molecule has 0 saturated carbocycles. The van der Waals surface area contributed by atoms with Crippen molar-refractivity contribution in [1.82, 2.24) is 5.32 Å². The molecule has 1 heterocycles. The highest BCUT2D eigenvalue weighted by atomic mass is 79.9. The van der Waals surface area contributed by atoms with Crippen LogP contribution in [0.15, 0.2) is 34.1 Å². The van der Waals surface area contributed by atoms with E-state index >= 15 is 0 Å². The molecule has 6 heteroatoms. The molecule has 0 unspecified atom stereocenters. The topological polar surface area (TPSA) is 29.1 Å². The minimum Gasteiger partial charge on any atom is -0.347 e. The second-order valence-electron chi connectivity index (χ2n) is 3.50. The van der Waals surface area contributed by atoms with E-state index in [1.54, 1.807) is 0 Å². The largest absolute Gasteiger partial charge is 0.347 e. The maximum atomic E-state index is 13.5. The van der Waals surface area contributed by atoms with Gasteiger partial charge in [0.15, 0.2) is 0 Å². The van der Waals surface area contributed by atoms with E-state index in [2.05, 4.69) is 21.2 Å². The molecule has 0 fully saturated rings. The predicted octanol–water partition coefficient (Wildman–Crippen LogP) is 4.23. The van der Waals surface area contributed by atoms with E-state index in [4.69, 9.17) is 11.6 Å². The van der Waals surface area contributed by atoms with Crippen LogP contribution in [-0.2, 0) is 6.54 Å². The van der Waals surface area contributed by atoms with Gasteiger partial charge in [0, 0.05) is 14.4 Å². The van der Waals surface area contributed by atoms with Crippen molar-refractivity contribution in [2.75, 3.05) is 0 Å². The summed E-state index contributed by atoms with van der Waals surface area (Å²) in [5.41, 5.74) is -0.00733. The van der Waals surface area contributed by atoms with Crippen LogP contribution in [-0.4, -0.2) is 5.91 Å². The van der Waals surface area contributed by atoms with Crippen molar-refractivity contribution in [1.29, 1.82) is 0 Å². The molecule has 2 aromatic rings. The number of hydrogen-bond acceptors (Lipinski definition) is 2. The van der Waals surface area contributed by atoms with Crippen molar-refractivity contribution in [3.8, 4) is 0 Å². The second kappa shape index (κ2) is 5.82. The van der Waals surface area contributed by atoms with E-state index in [0.717, 1.165) is 15.4 Å². The molecule has 0 aliphatic heterocycles. The molecule has 94 valence electrons. The third-order valence-corrected chi connectivity index (χ3v) is 4.44. The van der Waals surface area contributed by atoms with Gasteiger partial charge in [-0.2, -0.15) is 0 Å². The van der Waals surface area contributed by atoms with E-state index in [1.165, 1.54) is 23.5 Å². The quantitative estimate of drug-likeness (QED) is 0.883. The van der Waals surface area contributed by atoms with Gasteiger partial charge in [-0.3, -0.25) is 4.79 Å². The van der Waals surface area contributed by atoms with Crippen LogP contribution in [0.1, 0.15) is 15.2 Å². The Labute approximate surface area is 121 Å². The van der Waals surface area contributed by atoms with E-state index in [-0.39, 0.29) is 10.6 Å². The number of carbonyl (C=O) groups excluding carboxylic acids is 1. The number of hydrogen-bond donors (Lipinski definition) is 1. The normalized spacial score (nSPS) is 10.4. The van der Waals surface area contributed by atoms with Crippen LogP contribution in [0, 0.1) is 5.82 Å². The Kier molecular flexibility index (Phi) is 4.37. The van der Waals surface area contributed by atoms with Gasteiger partial charge in [0.1, 0.15) is 5.82 Å². The molecule has 2 rings (SSSR count). The highest BCUT2D eigenvalue weighted by Crippen LogP contribution is 2.22. The minimum atomic E-state index is -0.620. The first kappa shape index (κ1) is 13.5. The summed E-state index contributed by atoms with van der Waals surface area (Å²) in [6.45, 7) is 0.360. The molecule has 0 bridgehead atoms. The van der Waals surface area contributed by atoms with E-state index in [0.29, 0.717) is 6.54 Å². The van der Waals surface area contributed by atoms with Gasteiger partial charge < -0.3 is 5.32 Å². The minimum absolute atomic E-state index is 0.00733. The smallest absolute Gasteiger partial charge is 0.254 e. The molecule has 1 N–H and O–H groups in total. The van der Waals surface area contributed by atoms with Gasteiger partial charge in [0.25, 0.3) is 5.91 Å². The van der Waals surface area contributed by atoms with Gasteiger partial charge in [-0.15, -0.1) is 11.3 Å². The standard InChI is InChI=1S/C12H8BrClFNOS/c13-9-3-4-18-11(9)6-16-12(17)8-2-1-7(14)5-10(8)15/h1-5H,6H2,(H,16,17). The Morgan fingerprint density at radius 2 is 2.22 bits per heavy atom. The van der Waals surface area contributed by atoms with Crippen LogP contribution in [0.2, 0.25) is 5.02 Å². The van der Waals surface area contributed by atoms with Crippen LogP contribution in [0.4, 0.5) is 4.39 Å². The van der Waals surface area contributed by atoms with Crippen LogP contribution < -0.4 is 5.32 Å². The molecule has 0 aliphatic rings. The number of halogens is 3. The molecule has 0 radical (unpaired) electrons. The number of thiophene rings is 1. The van der Waals surface area contributed by atoms with Gasteiger partial charge >= 0.3 is 0 Å². The lowest BCUT2D eigenvalue weighted by molar-refractivity contribution is 0.0947. The third kappa shape index (κ3) is 3.10. The molecule has 1 amide bonds. The maximum absolute atomic E-state index is 13.5. The number of carbonyl (C=O) groups is 1. The zero-order valence-electron chi connectivity index (χ0n) is 9.04. The van der Waals surface area contributed by atoms with Crippen LogP contribution in [0.3, 0.4) is 0 Å². The van der Waals surface area contributed by atoms with Gasteiger partial charge in [-0.25, -0.2) is 4.39 Å². The van der Waals surface area contributed by atoms with Crippen LogP contribution in [0.25, 0.3) is 0 Å². The first-order chi connectivity index (χ1) is 8.58. The lowest BCUT2D eigenvalue weighted by Crippen LogP contribution is -2.23. The Bertz CT molecular complexity index is 587. The summed E-state index contributed by atoms with van der Waals surface area (Å²) in [7, 11) is 0. The predicted molar refractivity (Wildman–Crippen MR) is 74.6 cm³/mol. The molecular weight excluding hydrogens is 341 g/mol. The summed E-state index contributed by atoms with van der Waals surface area (Å²) in [6.07, 6.45) is 0. The van der Waals surface area contributed by atoms with Gasteiger partial charge in [0.2, 0.25) is 0 Å². The van der Waals surface area contributed by atoms with Crippen molar-refractivity contribution in [3.63, 3.8) is 0 Å². The fraction of sp³-hybridized carbons (Fsp3) is 0.0833. The Hall–Kier alpha value is -0.910. The molecule has 0 spiro atoms. The van der Waals surface area contributed by atoms with Crippen molar-refractivity contribution in [3.05, 3.63) is 55.4 Å². The number of rotatable bonds is 3. The van der Waals surface area contributed by atoms with Gasteiger partial charge in [-0.05, 0) is 45.6 Å². The average molecular weight is 349 g/mol. The number of benzene rings is 1. The summed E-state index contributed by atoms with van der Waals surface area (Å²) < 4.78 is 14.4. The SMILES string of the molecule is O=C(NCc1sccc1Br)c1ccc(Cl)cc1F. The van der Waals surface area contributed by atoms with Gasteiger partial charge in [-0.1, -0.05) is 11.6 Å². The first-order valence-corrected chi connectivity index (χ1v) is 7.08. The molecule has 2 nitrogen and oxygen atoms in total. The molecule has 1 aromatic carbocycles. The van der Waals surface area contributed by atoms with Gasteiger partial charge in [0.05, 0.1) is 12.1 Å².